The second kappa shape index (κ2) is 6.93. The van der Waals surface area contributed by atoms with Gasteiger partial charge in [0.25, 0.3) is 0 Å². The third-order valence-corrected chi connectivity index (χ3v) is 5.60. The lowest BCUT2D eigenvalue weighted by atomic mass is 10.2. The zero-order valence-corrected chi connectivity index (χ0v) is 16.9. The van der Waals surface area contributed by atoms with Crippen molar-refractivity contribution in [2.75, 3.05) is 6.26 Å². The predicted octanol–water partition coefficient (Wildman–Crippen LogP) is 3.37. The molecule has 4 heterocycles. The van der Waals surface area contributed by atoms with Gasteiger partial charge in [0.2, 0.25) is 5.82 Å². The van der Waals surface area contributed by atoms with E-state index in [-0.39, 0.29) is 11.6 Å². The van der Waals surface area contributed by atoms with E-state index in [4.69, 9.17) is 0 Å². The molecule has 1 atom stereocenters. The van der Waals surface area contributed by atoms with Gasteiger partial charge in [-0.25, -0.2) is 9.19 Å². The maximum absolute atomic E-state index is 13.0. The van der Waals surface area contributed by atoms with E-state index in [1.54, 1.807) is 47.9 Å². The molecule has 4 aromatic rings. The van der Waals surface area contributed by atoms with Crippen LogP contribution in [0.15, 0.2) is 39.6 Å². The summed E-state index contributed by atoms with van der Waals surface area (Å²) in [4.78, 5) is 7.75. The van der Waals surface area contributed by atoms with Crippen LogP contribution in [0.2, 0.25) is 0 Å². The minimum absolute atomic E-state index is 0.208. The van der Waals surface area contributed by atoms with Crippen molar-refractivity contribution in [1.82, 2.24) is 29.3 Å². The van der Waals surface area contributed by atoms with Gasteiger partial charge in [-0.3, -0.25) is 9.08 Å². The maximum Gasteiger partial charge on any atom is 0.471 e. The largest absolute Gasteiger partial charge is 0.471 e. The number of imidazole rings is 1. The van der Waals surface area contributed by atoms with Gasteiger partial charge >= 0.3 is 12.1 Å². The van der Waals surface area contributed by atoms with Gasteiger partial charge in [0, 0.05) is 36.8 Å². The van der Waals surface area contributed by atoms with Crippen molar-refractivity contribution in [3.63, 3.8) is 0 Å². The van der Waals surface area contributed by atoms with Crippen molar-refractivity contribution >= 4 is 21.2 Å². The number of nitrogens with zero attached hydrogens (tertiary/aromatic N) is 7. The Labute approximate surface area is 168 Å². The topological polar surface area (TPSA) is 103 Å². The third-order valence-electron chi connectivity index (χ3n) is 4.17. The van der Waals surface area contributed by atoms with Gasteiger partial charge in [-0.15, -0.1) is 0 Å². The van der Waals surface area contributed by atoms with Crippen LogP contribution in [-0.2, 0) is 28.7 Å². The van der Waals surface area contributed by atoms with Gasteiger partial charge in [0.05, 0.1) is 27.4 Å². The molecule has 0 saturated heterocycles. The number of fused-ring (bicyclic) bond motifs is 1. The summed E-state index contributed by atoms with van der Waals surface area (Å²) < 4.78 is 63.0. The molecule has 0 amide bonds. The first-order valence-electron chi connectivity index (χ1n) is 8.59. The zero-order chi connectivity index (χ0) is 21.7. The van der Waals surface area contributed by atoms with E-state index in [0.29, 0.717) is 22.7 Å². The number of aryl methyl sites for hydroxylation is 2. The van der Waals surface area contributed by atoms with Gasteiger partial charge in [0.1, 0.15) is 5.65 Å². The van der Waals surface area contributed by atoms with Gasteiger partial charge in [-0.05, 0) is 19.1 Å². The Balaban J connectivity index is 1.72. The average molecular weight is 439 g/mol. The summed E-state index contributed by atoms with van der Waals surface area (Å²) in [6.45, 7) is 1.71. The summed E-state index contributed by atoms with van der Waals surface area (Å²) in [5.74, 6) is -1.01. The quantitative estimate of drug-likeness (QED) is 0.483. The van der Waals surface area contributed by atoms with Gasteiger partial charge in [-0.1, -0.05) is 5.16 Å². The summed E-state index contributed by atoms with van der Waals surface area (Å²) in [6, 6.07) is 3.02. The fourth-order valence-corrected chi connectivity index (χ4v) is 4.34. The van der Waals surface area contributed by atoms with Gasteiger partial charge in [0.15, 0.2) is 5.82 Å². The second-order valence-electron chi connectivity index (χ2n) is 6.80. The van der Waals surface area contributed by atoms with E-state index >= 15 is 0 Å². The molecule has 13 heteroatoms. The summed E-state index contributed by atoms with van der Waals surface area (Å²) in [6.07, 6.45) is 1.79. The molecule has 0 bridgehead atoms. The minimum Gasteiger partial charge on any atom is -0.329 e. The van der Waals surface area contributed by atoms with Crippen LogP contribution < -0.4 is 0 Å². The highest BCUT2D eigenvalue weighted by Gasteiger charge is 2.38. The molecule has 0 aromatic carbocycles. The highest BCUT2D eigenvalue weighted by molar-refractivity contribution is 7.92. The van der Waals surface area contributed by atoms with Gasteiger partial charge < -0.3 is 4.52 Å². The van der Waals surface area contributed by atoms with Crippen LogP contribution in [0.25, 0.3) is 17.0 Å². The van der Waals surface area contributed by atoms with Crippen molar-refractivity contribution in [3.05, 3.63) is 47.9 Å². The van der Waals surface area contributed by atoms with Crippen LogP contribution in [0.5, 0.6) is 0 Å². The smallest absolute Gasteiger partial charge is 0.329 e. The highest BCUT2D eigenvalue weighted by Crippen LogP contribution is 2.30. The van der Waals surface area contributed by atoms with E-state index in [1.807, 2.05) is 0 Å². The van der Waals surface area contributed by atoms with Crippen LogP contribution in [-0.4, -0.2) is 39.8 Å². The second-order valence-corrected chi connectivity index (χ2v) is 9.19. The Bertz CT molecular complexity index is 1360. The van der Waals surface area contributed by atoms with Crippen LogP contribution >= 0.6 is 0 Å². The molecule has 0 spiro atoms. The van der Waals surface area contributed by atoms with Crippen molar-refractivity contribution in [1.29, 1.82) is 0 Å². The van der Waals surface area contributed by atoms with Crippen molar-refractivity contribution in [2.24, 2.45) is 11.4 Å². The van der Waals surface area contributed by atoms with Gasteiger partial charge in [-0.2, -0.15) is 27.6 Å². The molecule has 0 saturated carbocycles. The van der Waals surface area contributed by atoms with Crippen LogP contribution in [0.1, 0.15) is 17.1 Å². The summed E-state index contributed by atoms with van der Waals surface area (Å²) >= 11 is 0. The Morgan fingerprint density at radius 2 is 2.07 bits per heavy atom. The number of hydrogen-bond acceptors (Lipinski definition) is 7. The van der Waals surface area contributed by atoms with E-state index in [1.165, 1.54) is 12.1 Å². The molecule has 9 nitrogen and oxygen atoms in total. The predicted molar refractivity (Wildman–Crippen MR) is 101 cm³/mol. The number of alkyl halides is 3. The number of aromatic nitrogens is 6. The monoisotopic (exact) mass is 439 g/mol. The first-order chi connectivity index (χ1) is 14.0. The molecule has 0 N–H and O–H groups in total. The molecule has 0 aliphatic carbocycles. The zero-order valence-electron chi connectivity index (χ0n) is 16.1. The van der Waals surface area contributed by atoms with E-state index in [2.05, 4.69) is 29.1 Å². The van der Waals surface area contributed by atoms with Crippen LogP contribution in [0, 0.1) is 6.92 Å². The third kappa shape index (κ3) is 3.92. The molecule has 0 radical (unpaired) electrons. The Morgan fingerprint density at radius 3 is 2.70 bits per heavy atom. The molecular weight excluding hydrogens is 423 g/mol. The number of rotatable bonds is 4. The molecule has 1 unspecified atom stereocenters. The first-order valence-corrected chi connectivity index (χ1v) is 10.7. The fourth-order valence-electron chi connectivity index (χ4n) is 2.93. The standard InChI is InChI=1S/C17H16F3N7O2S/c1-10-15(25-30(3,28)9-11-7-21-26(2)8-11)27-5-4-12(6-13(27)22-10)14-23-16(29-24-14)17(18,19)20/h4-8H,9H2,1-3H3. The molecule has 4 rings (SSSR count). The van der Waals surface area contributed by atoms with E-state index < -0.39 is 21.8 Å². The lowest BCUT2D eigenvalue weighted by molar-refractivity contribution is -0.159. The Morgan fingerprint density at radius 1 is 1.30 bits per heavy atom. The lowest BCUT2D eigenvalue weighted by Crippen LogP contribution is -2.04. The summed E-state index contributed by atoms with van der Waals surface area (Å²) in [5, 5.41) is 7.44. The molecule has 4 aromatic heterocycles. The Kier molecular flexibility index (Phi) is 4.64. The van der Waals surface area contributed by atoms with E-state index in [0.717, 1.165) is 5.56 Å². The van der Waals surface area contributed by atoms with Crippen molar-refractivity contribution in [2.45, 2.75) is 18.9 Å². The van der Waals surface area contributed by atoms with Crippen molar-refractivity contribution in [3.8, 4) is 11.4 Å². The maximum atomic E-state index is 13.0. The Hall–Kier alpha value is -3.22. The normalized spacial score (nSPS) is 14.2. The van der Waals surface area contributed by atoms with Crippen molar-refractivity contribution < 1.29 is 21.9 Å². The number of hydrogen-bond donors (Lipinski definition) is 0. The molecule has 158 valence electrons. The minimum atomic E-state index is -4.72. The molecule has 0 aliphatic heterocycles. The lowest BCUT2D eigenvalue weighted by Gasteiger charge is -2.04. The number of halogens is 3. The molecule has 0 aliphatic rings. The van der Waals surface area contributed by atoms with E-state index in [9.17, 15) is 17.4 Å². The molecular formula is C17H16F3N7O2S. The summed E-state index contributed by atoms with van der Waals surface area (Å²) in [5.41, 5.74) is 2.02. The average Bonchev–Trinajstić information content (AvgIpc) is 3.34. The van der Waals surface area contributed by atoms with Crippen LogP contribution in [0.3, 0.4) is 0 Å². The SMILES string of the molecule is Cc1nc2cc(-c3noc(C(F)(F)F)n3)ccn2c1N=S(C)(=O)Cc1cnn(C)c1. The summed E-state index contributed by atoms with van der Waals surface area (Å²) in [7, 11) is -0.868. The fraction of sp³-hybridized carbons (Fsp3) is 0.294. The molecule has 30 heavy (non-hydrogen) atoms. The van der Waals surface area contributed by atoms with Crippen LogP contribution in [0.4, 0.5) is 19.0 Å². The first kappa shape index (κ1) is 20.1. The number of pyridine rings is 1. The molecule has 0 fully saturated rings. The highest BCUT2D eigenvalue weighted by atomic mass is 32.2.